The second kappa shape index (κ2) is 4.74. The van der Waals surface area contributed by atoms with E-state index in [4.69, 9.17) is 9.31 Å². The van der Waals surface area contributed by atoms with E-state index in [1.165, 1.54) is 6.07 Å². The fraction of sp³-hybridized carbons (Fsp3) is 0.625. The zero-order valence-electron chi connectivity index (χ0n) is 13.3. The Morgan fingerprint density at radius 3 is 2.05 bits per heavy atom. The summed E-state index contributed by atoms with van der Waals surface area (Å²) in [7, 11) is -0.764. The molecule has 1 saturated carbocycles. The van der Waals surface area contributed by atoms with Crippen LogP contribution in [0.2, 0.25) is 0 Å². The van der Waals surface area contributed by atoms with Crippen LogP contribution in [0.15, 0.2) is 18.2 Å². The van der Waals surface area contributed by atoms with Gasteiger partial charge >= 0.3 is 13.3 Å². The van der Waals surface area contributed by atoms with Gasteiger partial charge in [0, 0.05) is 0 Å². The molecule has 0 amide bonds. The predicted molar refractivity (Wildman–Crippen MR) is 79.1 cm³/mol. The van der Waals surface area contributed by atoms with Crippen molar-refractivity contribution in [2.45, 2.75) is 63.8 Å². The highest BCUT2D eigenvalue weighted by Crippen LogP contribution is 2.45. The highest BCUT2D eigenvalue weighted by molar-refractivity contribution is 6.62. The third kappa shape index (κ3) is 2.67. The van der Waals surface area contributed by atoms with Gasteiger partial charge in [-0.05, 0) is 63.5 Å². The average Bonchev–Trinajstić information content (AvgIpc) is 3.16. The number of benzene rings is 1. The molecule has 22 heavy (non-hydrogen) atoms. The SMILES string of the molecule is CC1(C)OB(c2ccc(C3CC3)c(C(F)(F)F)c2)OC1(C)C. The van der Waals surface area contributed by atoms with Gasteiger partial charge in [0.15, 0.2) is 0 Å². The summed E-state index contributed by atoms with van der Waals surface area (Å²) in [6.45, 7) is 7.54. The average molecular weight is 312 g/mol. The fourth-order valence-electron chi connectivity index (χ4n) is 2.70. The van der Waals surface area contributed by atoms with Gasteiger partial charge in [-0.15, -0.1) is 0 Å². The Balaban J connectivity index is 1.96. The Labute approximate surface area is 129 Å². The van der Waals surface area contributed by atoms with Crippen molar-refractivity contribution in [3.63, 3.8) is 0 Å². The summed E-state index contributed by atoms with van der Waals surface area (Å²) in [5.41, 5.74) is -0.860. The van der Waals surface area contributed by atoms with Gasteiger partial charge < -0.3 is 9.31 Å². The van der Waals surface area contributed by atoms with Crippen LogP contribution in [0.4, 0.5) is 13.2 Å². The van der Waals surface area contributed by atoms with Gasteiger partial charge in [0.05, 0.1) is 16.8 Å². The van der Waals surface area contributed by atoms with Crippen LogP contribution >= 0.6 is 0 Å². The molecule has 1 aromatic carbocycles. The van der Waals surface area contributed by atoms with Crippen LogP contribution in [0.1, 0.15) is 57.6 Å². The van der Waals surface area contributed by atoms with Crippen LogP contribution in [0.5, 0.6) is 0 Å². The normalized spacial score (nSPS) is 23.9. The van der Waals surface area contributed by atoms with Crippen molar-refractivity contribution < 1.29 is 22.5 Å². The summed E-state index contributed by atoms with van der Waals surface area (Å²) in [6, 6.07) is 4.47. The van der Waals surface area contributed by atoms with E-state index in [2.05, 4.69) is 0 Å². The minimum atomic E-state index is -4.35. The summed E-state index contributed by atoms with van der Waals surface area (Å²) < 4.78 is 51.7. The first-order valence-electron chi connectivity index (χ1n) is 7.58. The quantitative estimate of drug-likeness (QED) is 0.772. The lowest BCUT2D eigenvalue weighted by molar-refractivity contribution is -0.138. The van der Waals surface area contributed by atoms with E-state index in [0.29, 0.717) is 11.0 Å². The van der Waals surface area contributed by atoms with E-state index >= 15 is 0 Å². The molecule has 0 radical (unpaired) electrons. The molecular formula is C16H20BF3O2. The number of rotatable bonds is 2. The van der Waals surface area contributed by atoms with Crippen molar-refractivity contribution in [3.8, 4) is 0 Å². The van der Waals surface area contributed by atoms with Crippen molar-refractivity contribution in [3.05, 3.63) is 29.3 Å². The van der Waals surface area contributed by atoms with E-state index in [1.54, 1.807) is 12.1 Å². The van der Waals surface area contributed by atoms with Crippen LogP contribution < -0.4 is 5.46 Å². The number of alkyl halides is 3. The number of halogens is 3. The first-order valence-corrected chi connectivity index (χ1v) is 7.58. The van der Waals surface area contributed by atoms with Gasteiger partial charge in [-0.1, -0.05) is 12.1 Å². The van der Waals surface area contributed by atoms with Gasteiger partial charge in [-0.2, -0.15) is 13.2 Å². The fourth-order valence-corrected chi connectivity index (χ4v) is 2.70. The van der Waals surface area contributed by atoms with E-state index in [0.717, 1.165) is 12.8 Å². The maximum atomic E-state index is 13.3. The molecule has 0 unspecified atom stereocenters. The van der Waals surface area contributed by atoms with E-state index in [1.807, 2.05) is 27.7 Å². The predicted octanol–water partition coefficient (Wildman–Crippen LogP) is 3.88. The largest absolute Gasteiger partial charge is 0.494 e. The summed E-state index contributed by atoms with van der Waals surface area (Å²) in [5.74, 6) is 0.0453. The summed E-state index contributed by atoms with van der Waals surface area (Å²) in [6.07, 6.45) is -2.69. The Bertz CT molecular complexity index is 576. The number of hydrogen-bond donors (Lipinski definition) is 0. The molecule has 1 saturated heterocycles. The summed E-state index contributed by atoms with van der Waals surface area (Å²) in [4.78, 5) is 0. The van der Waals surface area contributed by atoms with Crippen molar-refractivity contribution in [1.29, 1.82) is 0 Å². The molecule has 1 aromatic rings. The second-order valence-corrected chi connectivity index (χ2v) is 7.21. The first kappa shape index (κ1) is 15.9. The Kier molecular flexibility index (Phi) is 3.42. The molecule has 2 fully saturated rings. The molecule has 0 aromatic heterocycles. The van der Waals surface area contributed by atoms with Crippen LogP contribution in [0.25, 0.3) is 0 Å². The molecule has 1 aliphatic heterocycles. The minimum Gasteiger partial charge on any atom is -0.399 e. The monoisotopic (exact) mass is 312 g/mol. The molecule has 2 aliphatic rings. The maximum absolute atomic E-state index is 13.3. The zero-order valence-corrected chi connectivity index (χ0v) is 13.3. The number of hydrogen-bond acceptors (Lipinski definition) is 2. The van der Waals surface area contributed by atoms with Gasteiger partial charge in [-0.25, -0.2) is 0 Å². The van der Waals surface area contributed by atoms with Crippen molar-refractivity contribution in [1.82, 2.24) is 0 Å². The molecule has 6 heteroatoms. The molecule has 0 N–H and O–H groups in total. The lowest BCUT2D eigenvalue weighted by Crippen LogP contribution is -2.41. The van der Waals surface area contributed by atoms with E-state index < -0.39 is 30.1 Å². The molecule has 2 nitrogen and oxygen atoms in total. The smallest absolute Gasteiger partial charge is 0.399 e. The van der Waals surface area contributed by atoms with Gasteiger partial charge in [0.1, 0.15) is 0 Å². The molecule has 1 aliphatic carbocycles. The van der Waals surface area contributed by atoms with Crippen molar-refractivity contribution in [2.75, 3.05) is 0 Å². The van der Waals surface area contributed by atoms with Gasteiger partial charge in [-0.3, -0.25) is 0 Å². The van der Waals surface area contributed by atoms with Crippen LogP contribution in [-0.4, -0.2) is 18.3 Å². The van der Waals surface area contributed by atoms with Gasteiger partial charge in [0.2, 0.25) is 0 Å². The molecule has 1 heterocycles. The van der Waals surface area contributed by atoms with E-state index in [9.17, 15) is 13.2 Å². The van der Waals surface area contributed by atoms with Crippen LogP contribution in [0, 0.1) is 0 Å². The van der Waals surface area contributed by atoms with E-state index in [-0.39, 0.29) is 5.92 Å². The molecule has 120 valence electrons. The lowest BCUT2D eigenvalue weighted by atomic mass is 9.77. The molecule has 3 rings (SSSR count). The molecule has 0 atom stereocenters. The highest BCUT2D eigenvalue weighted by Gasteiger charge is 2.52. The minimum absolute atomic E-state index is 0.0453. The summed E-state index contributed by atoms with van der Waals surface area (Å²) >= 11 is 0. The van der Waals surface area contributed by atoms with Gasteiger partial charge in [0.25, 0.3) is 0 Å². The molecule has 0 spiro atoms. The van der Waals surface area contributed by atoms with Crippen molar-refractivity contribution in [2.24, 2.45) is 0 Å². The maximum Gasteiger partial charge on any atom is 0.494 e. The topological polar surface area (TPSA) is 18.5 Å². The third-order valence-corrected chi connectivity index (χ3v) is 4.93. The highest BCUT2D eigenvalue weighted by atomic mass is 19.4. The van der Waals surface area contributed by atoms with Crippen LogP contribution in [0.3, 0.4) is 0 Å². The summed E-state index contributed by atoms with van der Waals surface area (Å²) in [5, 5.41) is 0. The zero-order chi connectivity index (χ0) is 16.3. The first-order chi connectivity index (χ1) is 10.0. The second-order valence-electron chi connectivity index (χ2n) is 7.21. The Morgan fingerprint density at radius 1 is 1.05 bits per heavy atom. The Hall–Kier alpha value is -1.01. The lowest BCUT2D eigenvalue weighted by Gasteiger charge is -2.32. The van der Waals surface area contributed by atoms with Crippen molar-refractivity contribution >= 4 is 12.6 Å². The molecule has 0 bridgehead atoms. The van der Waals surface area contributed by atoms with Crippen LogP contribution in [-0.2, 0) is 15.5 Å². The third-order valence-electron chi connectivity index (χ3n) is 4.93. The molecular weight excluding hydrogens is 292 g/mol. The Morgan fingerprint density at radius 2 is 1.59 bits per heavy atom. The standard InChI is InChI=1S/C16H20BF3O2/c1-14(2)15(3,4)22-17(21-14)11-7-8-12(10-5-6-10)13(9-11)16(18,19)20/h7-10H,5-6H2,1-4H3.